The van der Waals surface area contributed by atoms with Crippen molar-refractivity contribution < 1.29 is 9.90 Å². The van der Waals surface area contributed by atoms with Crippen LogP contribution in [0.4, 0.5) is 0 Å². The number of nitrogens with one attached hydrogen (secondary N) is 1. The third kappa shape index (κ3) is 2.83. The normalized spacial score (nSPS) is 9.69. The molecule has 70 valence electrons. The molecule has 1 aromatic heterocycles. The van der Waals surface area contributed by atoms with Gasteiger partial charge in [0, 0.05) is 24.0 Å². The Morgan fingerprint density at radius 1 is 1.69 bits per heavy atom. The number of carbonyl (C=O) groups excluding carboxylic acids is 1. The van der Waals surface area contributed by atoms with E-state index < -0.39 is 0 Å². The molecule has 0 saturated heterocycles. The second-order valence-electron chi connectivity index (χ2n) is 2.67. The summed E-state index contributed by atoms with van der Waals surface area (Å²) in [4.78, 5) is 15.3. The second kappa shape index (κ2) is 4.57. The molecule has 0 radical (unpaired) electrons. The molecular formula is C9H12N2O2. The first kappa shape index (κ1) is 9.67. The van der Waals surface area contributed by atoms with Gasteiger partial charge in [-0.15, -0.1) is 0 Å². The highest BCUT2D eigenvalue weighted by molar-refractivity contribution is 5.94. The van der Waals surface area contributed by atoms with Crippen LogP contribution in [-0.4, -0.2) is 29.1 Å². The predicted molar refractivity (Wildman–Crippen MR) is 48.4 cm³/mol. The average Bonchev–Trinajstić information content (AvgIpc) is 2.14. The smallest absolute Gasteiger partial charge is 0.251 e. The molecule has 0 atom stereocenters. The summed E-state index contributed by atoms with van der Waals surface area (Å²) in [6.45, 7) is 2.05. The minimum Gasteiger partial charge on any atom is -0.395 e. The van der Waals surface area contributed by atoms with Crippen LogP contribution in [-0.2, 0) is 0 Å². The molecule has 2 N–H and O–H groups in total. The van der Waals surface area contributed by atoms with Gasteiger partial charge in [0.15, 0.2) is 0 Å². The zero-order valence-corrected chi connectivity index (χ0v) is 7.45. The molecule has 4 nitrogen and oxygen atoms in total. The van der Waals surface area contributed by atoms with E-state index in [-0.39, 0.29) is 19.1 Å². The number of aliphatic hydroxyl groups is 1. The Morgan fingerprint density at radius 3 is 3.08 bits per heavy atom. The maximum absolute atomic E-state index is 11.3. The van der Waals surface area contributed by atoms with Gasteiger partial charge in [-0.3, -0.25) is 9.78 Å². The number of carbonyl (C=O) groups is 1. The molecule has 4 heteroatoms. The van der Waals surface area contributed by atoms with E-state index in [4.69, 9.17) is 5.11 Å². The molecule has 0 spiro atoms. The average molecular weight is 180 g/mol. The molecule has 1 heterocycles. The van der Waals surface area contributed by atoms with E-state index in [0.29, 0.717) is 5.56 Å². The fourth-order valence-electron chi connectivity index (χ4n) is 0.958. The first-order chi connectivity index (χ1) is 6.24. The van der Waals surface area contributed by atoms with Crippen molar-refractivity contribution in [2.75, 3.05) is 13.2 Å². The third-order valence-electron chi connectivity index (χ3n) is 1.56. The molecule has 13 heavy (non-hydrogen) atoms. The van der Waals surface area contributed by atoms with Gasteiger partial charge in [-0.1, -0.05) is 0 Å². The molecule has 0 aliphatic rings. The number of rotatable bonds is 3. The molecule has 0 saturated carbocycles. The van der Waals surface area contributed by atoms with Crippen molar-refractivity contribution in [3.63, 3.8) is 0 Å². The van der Waals surface area contributed by atoms with Gasteiger partial charge in [0.25, 0.3) is 5.91 Å². The zero-order valence-electron chi connectivity index (χ0n) is 7.45. The Balaban J connectivity index is 2.66. The standard InChI is InChI=1S/C9H12N2O2/c1-7-6-8(2-3-10-7)9(13)11-4-5-12/h2-3,6,12H,4-5H2,1H3,(H,11,13). The summed E-state index contributed by atoms with van der Waals surface area (Å²) in [7, 11) is 0. The maximum atomic E-state index is 11.3. The van der Waals surface area contributed by atoms with Gasteiger partial charge in [-0.25, -0.2) is 0 Å². The summed E-state index contributed by atoms with van der Waals surface area (Å²) < 4.78 is 0. The van der Waals surface area contributed by atoms with Crippen molar-refractivity contribution in [2.45, 2.75) is 6.92 Å². The van der Waals surface area contributed by atoms with Crippen molar-refractivity contribution in [3.8, 4) is 0 Å². The number of aliphatic hydroxyl groups excluding tert-OH is 1. The molecule has 0 aliphatic carbocycles. The Hall–Kier alpha value is -1.42. The highest BCUT2D eigenvalue weighted by atomic mass is 16.3. The van der Waals surface area contributed by atoms with Gasteiger partial charge in [0.2, 0.25) is 0 Å². The number of pyridine rings is 1. The molecule has 1 aromatic rings. The van der Waals surface area contributed by atoms with Gasteiger partial charge in [0.1, 0.15) is 0 Å². The first-order valence-corrected chi connectivity index (χ1v) is 4.06. The zero-order chi connectivity index (χ0) is 9.68. The molecule has 1 rings (SSSR count). The molecule has 1 amide bonds. The SMILES string of the molecule is Cc1cc(C(=O)NCCO)ccn1. The lowest BCUT2D eigenvalue weighted by molar-refractivity contribution is 0.0944. The molecule has 0 aliphatic heterocycles. The quantitative estimate of drug-likeness (QED) is 0.694. The molecule has 0 unspecified atom stereocenters. The lowest BCUT2D eigenvalue weighted by Crippen LogP contribution is -2.26. The first-order valence-electron chi connectivity index (χ1n) is 4.06. The van der Waals surface area contributed by atoms with Crippen LogP contribution in [0, 0.1) is 6.92 Å². The Labute approximate surface area is 76.6 Å². The lowest BCUT2D eigenvalue weighted by atomic mass is 10.2. The summed E-state index contributed by atoms with van der Waals surface area (Å²) in [6.07, 6.45) is 1.59. The largest absolute Gasteiger partial charge is 0.395 e. The topological polar surface area (TPSA) is 62.2 Å². The van der Waals surface area contributed by atoms with Crippen molar-refractivity contribution >= 4 is 5.91 Å². The van der Waals surface area contributed by atoms with Crippen LogP contribution in [0.2, 0.25) is 0 Å². The molecule has 0 fully saturated rings. The number of hydrogen-bond donors (Lipinski definition) is 2. The summed E-state index contributed by atoms with van der Waals surface area (Å²) in [5.41, 5.74) is 1.37. The van der Waals surface area contributed by atoms with Crippen LogP contribution in [0.1, 0.15) is 16.1 Å². The number of hydrogen-bond acceptors (Lipinski definition) is 3. The Morgan fingerprint density at radius 2 is 2.46 bits per heavy atom. The maximum Gasteiger partial charge on any atom is 0.251 e. The summed E-state index contributed by atoms with van der Waals surface area (Å²) >= 11 is 0. The highest BCUT2D eigenvalue weighted by Crippen LogP contribution is 1.99. The van der Waals surface area contributed by atoms with Crippen LogP contribution < -0.4 is 5.32 Å². The van der Waals surface area contributed by atoms with Crippen molar-refractivity contribution in [1.29, 1.82) is 0 Å². The fraction of sp³-hybridized carbons (Fsp3) is 0.333. The Kier molecular flexibility index (Phi) is 3.40. The monoisotopic (exact) mass is 180 g/mol. The molecular weight excluding hydrogens is 168 g/mol. The Bertz CT molecular complexity index is 299. The summed E-state index contributed by atoms with van der Waals surface area (Å²) in [5, 5.41) is 11.0. The van der Waals surface area contributed by atoms with E-state index in [2.05, 4.69) is 10.3 Å². The molecule has 0 aromatic carbocycles. The number of aromatic nitrogens is 1. The minimum atomic E-state index is -0.181. The highest BCUT2D eigenvalue weighted by Gasteiger charge is 2.03. The van der Waals surface area contributed by atoms with Gasteiger partial charge in [0.05, 0.1) is 6.61 Å². The summed E-state index contributed by atoms with van der Waals surface area (Å²) in [6, 6.07) is 3.34. The molecule has 0 bridgehead atoms. The van der Waals surface area contributed by atoms with Crippen molar-refractivity contribution in [3.05, 3.63) is 29.6 Å². The van der Waals surface area contributed by atoms with Crippen molar-refractivity contribution in [1.82, 2.24) is 10.3 Å². The summed E-state index contributed by atoms with van der Waals surface area (Å²) in [5.74, 6) is -0.181. The van der Waals surface area contributed by atoms with Crippen LogP contribution in [0.15, 0.2) is 18.3 Å². The van der Waals surface area contributed by atoms with Gasteiger partial charge < -0.3 is 10.4 Å². The number of amides is 1. The van der Waals surface area contributed by atoms with Gasteiger partial charge in [-0.05, 0) is 19.1 Å². The van der Waals surface area contributed by atoms with Crippen LogP contribution in [0.5, 0.6) is 0 Å². The van der Waals surface area contributed by atoms with Crippen LogP contribution in [0.25, 0.3) is 0 Å². The van der Waals surface area contributed by atoms with E-state index in [9.17, 15) is 4.79 Å². The van der Waals surface area contributed by atoms with E-state index in [0.717, 1.165) is 5.69 Å². The third-order valence-corrected chi connectivity index (χ3v) is 1.56. The van der Waals surface area contributed by atoms with E-state index in [1.807, 2.05) is 6.92 Å². The minimum absolute atomic E-state index is 0.0458. The van der Waals surface area contributed by atoms with E-state index in [1.54, 1.807) is 18.3 Å². The van der Waals surface area contributed by atoms with Crippen LogP contribution >= 0.6 is 0 Å². The predicted octanol–water partition coefficient (Wildman–Crippen LogP) is 0.112. The number of aryl methyl sites for hydroxylation is 1. The van der Waals surface area contributed by atoms with Gasteiger partial charge >= 0.3 is 0 Å². The fourth-order valence-corrected chi connectivity index (χ4v) is 0.958. The van der Waals surface area contributed by atoms with Crippen molar-refractivity contribution in [2.24, 2.45) is 0 Å². The van der Waals surface area contributed by atoms with E-state index >= 15 is 0 Å². The lowest BCUT2D eigenvalue weighted by Gasteiger charge is -2.02. The second-order valence-corrected chi connectivity index (χ2v) is 2.67. The number of nitrogens with zero attached hydrogens (tertiary/aromatic N) is 1. The van der Waals surface area contributed by atoms with Crippen LogP contribution in [0.3, 0.4) is 0 Å². The van der Waals surface area contributed by atoms with Gasteiger partial charge in [-0.2, -0.15) is 0 Å². The van der Waals surface area contributed by atoms with E-state index in [1.165, 1.54) is 0 Å².